The highest BCUT2D eigenvalue weighted by atomic mass is 16.2. The van der Waals surface area contributed by atoms with Crippen molar-refractivity contribution in [2.24, 2.45) is 15.0 Å². The Morgan fingerprint density at radius 1 is 1.19 bits per heavy atom. The van der Waals surface area contributed by atoms with Crippen LogP contribution in [0.2, 0.25) is 0 Å². The minimum absolute atomic E-state index is 0.0768. The molecule has 0 aromatic carbocycles. The summed E-state index contributed by atoms with van der Waals surface area (Å²) in [6.07, 6.45) is 6.12. The van der Waals surface area contributed by atoms with E-state index in [9.17, 15) is 4.79 Å². The molecule has 1 heterocycles. The van der Waals surface area contributed by atoms with Crippen molar-refractivity contribution in [2.45, 2.75) is 103 Å². The average molecular weight is 447 g/mol. The van der Waals surface area contributed by atoms with Crippen LogP contribution in [0, 0.1) is 0 Å². The Balaban J connectivity index is 2.33. The summed E-state index contributed by atoms with van der Waals surface area (Å²) in [6, 6.07) is 0.452. The maximum Gasteiger partial charge on any atom is 0.242 e. The lowest BCUT2D eigenvalue weighted by atomic mass is 9.87. The molecule has 1 aliphatic heterocycles. The van der Waals surface area contributed by atoms with Crippen LogP contribution >= 0.6 is 0 Å². The van der Waals surface area contributed by atoms with Crippen LogP contribution in [0.5, 0.6) is 0 Å². The van der Waals surface area contributed by atoms with Crippen LogP contribution in [0.25, 0.3) is 0 Å². The Hall–Kier alpha value is -1.60. The van der Waals surface area contributed by atoms with E-state index in [2.05, 4.69) is 71.1 Å². The molecule has 32 heavy (non-hydrogen) atoms. The van der Waals surface area contributed by atoms with Crippen LogP contribution in [-0.4, -0.2) is 95.4 Å². The summed E-state index contributed by atoms with van der Waals surface area (Å²) in [6.45, 7) is 20.8. The van der Waals surface area contributed by atoms with Crippen molar-refractivity contribution in [3.63, 3.8) is 0 Å². The first-order chi connectivity index (χ1) is 14.8. The van der Waals surface area contributed by atoms with E-state index in [0.29, 0.717) is 24.3 Å². The lowest BCUT2D eigenvalue weighted by Crippen LogP contribution is -2.70. The van der Waals surface area contributed by atoms with Gasteiger partial charge in [0.1, 0.15) is 11.7 Å². The van der Waals surface area contributed by atoms with Crippen molar-refractivity contribution in [3.05, 3.63) is 0 Å². The number of piperazine rings is 1. The van der Waals surface area contributed by atoms with Gasteiger partial charge in [0, 0.05) is 38.3 Å². The molecule has 7 heteroatoms. The summed E-state index contributed by atoms with van der Waals surface area (Å²) in [5, 5.41) is 0. The predicted molar refractivity (Wildman–Crippen MR) is 136 cm³/mol. The lowest BCUT2D eigenvalue weighted by molar-refractivity contribution is -0.157. The topological polar surface area (TPSA) is 63.9 Å². The normalized spacial score (nSPS) is 23.7. The minimum atomic E-state index is -0.517. The fraction of sp³-hybridized carbons (Fsp3) is 0.840. The van der Waals surface area contributed by atoms with Crippen LogP contribution in [-0.2, 0) is 4.79 Å². The molecule has 182 valence electrons. The summed E-state index contributed by atoms with van der Waals surface area (Å²) >= 11 is 0. The Bertz CT molecular complexity index is 746. The predicted octanol–water partition coefficient (Wildman–Crippen LogP) is 3.88. The quantitative estimate of drug-likeness (QED) is 0.459. The standard InChI is InChI=1S/C25H46N6O/c1-19(26-8)28-21(27-9)24(4,5)31(20-14-12-11-13-15-20)17-16-30-18-23(2,3)29(10)25(6,7)22(30)32/h20H,9,11-18H2,1-8,10H3. The Labute approximate surface area is 196 Å². The number of hydrogen-bond donors (Lipinski definition) is 0. The smallest absolute Gasteiger partial charge is 0.242 e. The van der Waals surface area contributed by atoms with E-state index in [-0.39, 0.29) is 11.4 Å². The number of likely N-dealkylation sites (N-methyl/N-ethyl adjacent to an activating group) is 1. The number of carbonyl (C=O) groups is 1. The summed E-state index contributed by atoms with van der Waals surface area (Å²) in [7, 11) is 3.80. The van der Waals surface area contributed by atoms with Crippen LogP contribution in [0.3, 0.4) is 0 Å². The minimum Gasteiger partial charge on any atom is -0.338 e. The van der Waals surface area contributed by atoms with Gasteiger partial charge in [0.05, 0.1) is 11.1 Å². The van der Waals surface area contributed by atoms with Gasteiger partial charge in [0.2, 0.25) is 5.91 Å². The molecule has 7 nitrogen and oxygen atoms in total. The van der Waals surface area contributed by atoms with Crippen molar-refractivity contribution in [2.75, 3.05) is 33.7 Å². The van der Waals surface area contributed by atoms with E-state index in [1.54, 1.807) is 7.05 Å². The van der Waals surface area contributed by atoms with Gasteiger partial charge in [-0.25, -0.2) is 9.98 Å². The molecule has 2 aliphatic rings. The van der Waals surface area contributed by atoms with Crippen molar-refractivity contribution in [3.8, 4) is 0 Å². The van der Waals surface area contributed by atoms with Crippen LogP contribution in [0.1, 0.15) is 80.6 Å². The number of nitrogens with zero attached hydrogens (tertiary/aromatic N) is 6. The monoisotopic (exact) mass is 446 g/mol. The van der Waals surface area contributed by atoms with Gasteiger partial charge in [-0.15, -0.1) is 0 Å². The van der Waals surface area contributed by atoms with Gasteiger partial charge in [0.15, 0.2) is 0 Å². The van der Waals surface area contributed by atoms with E-state index in [1.165, 1.54) is 32.1 Å². The third-order valence-electron chi connectivity index (χ3n) is 7.77. The van der Waals surface area contributed by atoms with Crippen molar-refractivity contribution >= 4 is 24.3 Å². The number of carbonyl (C=O) groups excluding carboxylic acids is 1. The molecule has 0 unspecified atom stereocenters. The van der Waals surface area contributed by atoms with Crippen molar-refractivity contribution < 1.29 is 4.79 Å². The maximum atomic E-state index is 13.4. The largest absolute Gasteiger partial charge is 0.338 e. The van der Waals surface area contributed by atoms with Gasteiger partial charge in [-0.05, 0) is 75.1 Å². The molecular weight excluding hydrogens is 400 g/mol. The second kappa shape index (κ2) is 10.1. The fourth-order valence-corrected chi connectivity index (χ4v) is 5.35. The zero-order valence-corrected chi connectivity index (χ0v) is 22.0. The van der Waals surface area contributed by atoms with E-state index in [4.69, 9.17) is 0 Å². The molecule has 0 atom stereocenters. The van der Waals surface area contributed by atoms with Gasteiger partial charge in [0.25, 0.3) is 0 Å². The number of amides is 1. The lowest BCUT2D eigenvalue weighted by Gasteiger charge is -2.54. The molecule has 2 fully saturated rings. The zero-order chi connectivity index (χ0) is 24.3. The third-order valence-corrected chi connectivity index (χ3v) is 7.77. The Morgan fingerprint density at radius 2 is 1.78 bits per heavy atom. The SMILES string of the molecule is C=NC(=NC(C)=NC)C(C)(C)N(CCN1CC(C)(C)N(C)C(C)(C)C1=O)C1CCCCC1. The van der Waals surface area contributed by atoms with E-state index >= 15 is 0 Å². The van der Waals surface area contributed by atoms with Crippen molar-refractivity contribution in [1.29, 1.82) is 0 Å². The first-order valence-electron chi connectivity index (χ1n) is 12.1. The molecular formula is C25H46N6O. The molecule has 1 saturated carbocycles. The van der Waals surface area contributed by atoms with Gasteiger partial charge in [-0.3, -0.25) is 19.6 Å². The molecule has 1 amide bonds. The zero-order valence-electron chi connectivity index (χ0n) is 22.0. The third kappa shape index (κ3) is 5.48. The number of hydrogen-bond acceptors (Lipinski definition) is 4. The average Bonchev–Trinajstić information content (AvgIpc) is 2.74. The number of aliphatic imine (C=N–C) groups is 3. The highest BCUT2D eigenvalue weighted by Crippen LogP contribution is 2.33. The molecule has 0 aromatic rings. The maximum absolute atomic E-state index is 13.4. The van der Waals surface area contributed by atoms with Gasteiger partial charge < -0.3 is 4.90 Å². The van der Waals surface area contributed by atoms with Crippen LogP contribution < -0.4 is 0 Å². The second-order valence-electron chi connectivity index (χ2n) is 11.1. The molecule has 2 rings (SSSR count). The summed E-state index contributed by atoms with van der Waals surface area (Å²) in [5.74, 6) is 1.59. The molecule has 0 spiro atoms. The van der Waals surface area contributed by atoms with Gasteiger partial charge in [-0.2, -0.15) is 0 Å². The summed E-state index contributed by atoms with van der Waals surface area (Å²) in [5.41, 5.74) is -1.00. The molecule has 1 saturated heterocycles. The molecule has 1 aliphatic carbocycles. The Kier molecular flexibility index (Phi) is 8.43. The van der Waals surface area contributed by atoms with Crippen molar-refractivity contribution in [1.82, 2.24) is 14.7 Å². The molecule has 0 radical (unpaired) electrons. The fourth-order valence-electron chi connectivity index (χ4n) is 5.35. The van der Waals surface area contributed by atoms with Crippen LogP contribution in [0.4, 0.5) is 0 Å². The van der Waals surface area contributed by atoms with Gasteiger partial charge >= 0.3 is 0 Å². The van der Waals surface area contributed by atoms with E-state index in [0.717, 1.165) is 13.1 Å². The molecule has 0 bridgehead atoms. The second-order valence-corrected chi connectivity index (χ2v) is 11.1. The summed E-state index contributed by atoms with van der Waals surface area (Å²) < 4.78 is 0. The van der Waals surface area contributed by atoms with Gasteiger partial charge in [-0.1, -0.05) is 19.3 Å². The van der Waals surface area contributed by atoms with E-state index < -0.39 is 11.1 Å². The Morgan fingerprint density at radius 3 is 2.31 bits per heavy atom. The first kappa shape index (κ1) is 26.7. The molecule has 0 aromatic heterocycles. The number of amidine groups is 2. The van der Waals surface area contributed by atoms with E-state index in [1.807, 2.05) is 20.8 Å². The summed E-state index contributed by atoms with van der Waals surface area (Å²) in [4.78, 5) is 33.3. The first-order valence-corrected chi connectivity index (χ1v) is 12.1. The number of rotatable bonds is 6. The highest BCUT2D eigenvalue weighted by molar-refractivity contribution is 6.02. The molecule has 0 N–H and O–H groups in total. The van der Waals surface area contributed by atoms with Crippen LogP contribution in [0.15, 0.2) is 15.0 Å². The highest BCUT2D eigenvalue weighted by Gasteiger charge is 2.48.